The Labute approximate surface area is 176 Å². The third-order valence-corrected chi connectivity index (χ3v) is 4.71. The second-order valence-corrected chi connectivity index (χ2v) is 7.07. The summed E-state index contributed by atoms with van der Waals surface area (Å²) in [4.78, 5) is 18.9. The summed E-state index contributed by atoms with van der Waals surface area (Å²) in [5.41, 5.74) is 3.97. The average Bonchev–Trinajstić information content (AvgIpc) is 3.11. The van der Waals surface area contributed by atoms with E-state index in [1.807, 2.05) is 37.4 Å². The Balaban J connectivity index is 1.51. The number of guanidine groups is 1. The number of fused-ring (bicyclic) bond motifs is 1. The first-order valence-corrected chi connectivity index (χ1v) is 10.2. The van der Waals surface area contributed by atoms with Crippen LogP contribution in [0.2, 0.25) is 0 Å². The number of nitrogens with zero attached hydrogens (tertiary/aromatic N) is 1. The van der Waals surface area contributed by atoms with E-state index in [1.165, 1.54) is 18.6 Å². The third-order valence-electron chi connectivity index (χ3n) is 4.71. The molecule has 1 aromatic heterocycles. The summed E-state index contributed by atoms with van der Waals surface area (Å²) in [5, 5.41) is 10.3. The molecule has 30 heavy (non-hydrogen) atoms. The Kier molecular flexibility index (Phi) is 7.43. The summed E-state index contributed by atoms with van der Waals surface area (Å²) in [7, 11) is 0. The number of aromatic amines is 1. The first-order valence-electron chi connectivity index (χ1n) is 10.2. The molecule has 4 N–H and O–H groups in total. The summed E-state index contributed by atoms with van der Waals surface area (Å²) in [6.45, 7) is 5.64. The highest BCUT2D eigenvalue weighted by Crippen LogP contribution is 2.19. The highest BCUT2D eigenvalue weighted by molar-refractivity contribution is 5.88. The van der Waals surface area contributed by atoms with Crippen molar-refractivity contribution in [1.82, 2.24) is 15.6 Å². The molecule has 0 aliphatic heterocycles. The number of carbonyl (C=O) groups is 1. The van der Waals surface area contributed by atoms with Crippen LogP contribution in [0.1, 0.15) is 25.0 Å². The van der Waals surface area contributed by atoms with Crippen LogP contribution in [0.3, 0.4) is 0 Å². The van der Waals surface area contributed by atoms with E-state index in [-0.39, 0.29) is 11.7 Å². The van der Waals surface area contributed by atoms with Gasteiger partial charge in [0.15, 0.2) is 5.96 Å². The van der Waals surface area contributed by atoms with Crippen LogP contribution >= 0.6 is 0 Å². The summed E-state index contributed by atoms with van der Waals surface area (Å²) in [6, 6.07) is 12.6. The van der Waals surface area contributed by atoms with Gasteiger partial charge in [-0.15, -0.1) is 0 Å². The van der Waals surface area contributed by atoms with Gasteiger partial charge in [-0.25, -0.2) is 4.39 Å². The van der Waals surface area contributed by atoms with Crippen molar-refractivity contribution in [3.8, 4) is 0 Å². The number of benzene rings is 2. The van der Waals surface area contributed by atoms with Crippen molar-refractivity contribution in [3.63, 3.8) is 0 Å². The van der Waals surface area contributed by atoms with E-state index >= 15 is 0 Å². The molecule has 2 aromatic carbocycles. The average molecular weight is 410 g/mol. The lowest BCUT2D eigenvalue weighted by atomic mass is 10.1. The number of H-pyrrole nitrogens is 1. The lowest BCUT2D eigenvalue weighted by Crippen LogP contribution is -2.38. The minimum absolute atomic E-state index is 0.0753. The normalized spacial score (nSPS) is 11.5. The number of halogens is 1. The van der Waals surface area contributed by atoms with Gasteiger partial charge in [-0.1, -0.05) is 12.1 Å². The number of hydrogen-bond acceptors (Lipinski definition) is 2. The molecule has 3 aromatic rings. The molecule has 0 atom stereocenters. The van der Waals surface area contributed by atoms with E-state index in [4.69, 9.17) is 0 Å². The Morgan fingerprint density at radius 1 is 1.10 bits per heavy atom. The van der Waals surface area contributed by atoms with Crippen LogP contribution in [0, 0.1) is 5.82 Å². The molecule has 3 rings (SSSR count). The van der Waals surface area contributed by atoms with Crippen molar-refractivity contribution < 1.29 is 9.18 Å². The Bertz CT molecular complexity index is 1010. The zero-order valence-electron chi connectivity index (χ0n) is 17.4. The molecule has 158 valence electrons. The van der Waals surface area contributed by atoms with Crippen LogP contribution < -0.4 is 16.0 Å². The summed E-state index contributed by atoms with van der Waals surface area (Å²) in [5.74, 6) is 0.457. The van der Waals surface area contributed by atoms with Crippen molar-refractivity contribution in [2.24, 2.45) is 4.99 Å². The maximum atomic E-state index is 13.5. The maximum Gasteiger partial charge on any atom is 0.221 e. The molecule has 0 saturated heterocycles. The fourth-order valence-electron chi connectivity index (χ4n) is 3.27. The van der Waals surface area contributed by atoms with E-state index in [2.05, 4.69) is 25.9 Å². The van der Waals surface area contributed by atoms with E-state index in [1.54, 1.807) is 12.1 Å². The molecule has 0 unspecified atom stereocenters. The van der Waals surface area contributed by atoms with Gasteiger partial charge in [0.25, 0.3) is 0 Å². The minimum Gasteiger partial charge on any atom is -0.361 e. The molecule has 0 aliphatic rings. The highest BCUT2D eigenvalue weighted by Gasteiger charge is 2.05. The van der Waals surface area contributed by atoms with Crippen LogP contribution in [0.4, 0.5) is 10.1 Å². The largest absolute Gasteiger partial charge is 0.361 e. The topological polar surface area (TPSA) is 81.3 Å². The highest BCUT2D eigenvalue weighted by atomic mass is 19.1. The quantitative estimate of drug-likeness (QED) is 0.339. The number of aliphatic imine (C=N–C) groups is 1. The number of amides is 1. The molecule has 0 saturated carbocycles. The van der Waals surface area contributed by atoms with Crippen LogP contribution in [0.5, 0.6) is 0 Å². The predicted molar refractivity (Wildman–Crippen MR) is 120 cm³/mol. The lowest BCUT2D eigenvalue weighted by Gasteiger charge is -2.11. The number of rotatable bonds is 8. The second-order valence-electron chi connectivity index (χ2n) is 7.07. The van der Waals surface area contributed by atoms with Crippen LogP contribution in [-0.4, -0.2) is 36.5 Å². The predicted octanol–water partition coefficient (Wildman–Crippen LogP) is 3.61. The Morgan fingerprint density at radius 2 is 1.90 bits per heavy atom. The molecule has 7 heteroatoms. The van der Waals surface area contributed by atoms with Gasteiger partial charge in [-0.05, 0) is 61.2 Å². The van der Waals surface area contributed by atoms with Crippen LogP contribution in [0.15, 0.2) is 53.7 Å². The van der Waals surface area contributed by atoms with Crippen molar-refractivity contribution >= 4 is 28.5 Å². The van der Waals surface area contributed by atoms with Crippen molar-refractivity contribution in [1.29, 1.82) is 0 Å². The fraction of sp³-hybridized carbons (Fsp3) is 0.304. The number of aromatic nitrogens is 1. The number of carbonyl (C=O) groups excluding carboxylic acids is 1. The molecule has 1 heterocycles. The molecule has 0 fully saturated rings. The Hall–Kier alpha value is -3.35. The maximum absolute atomic E-state index is 13.5. The second kappa shape index (κ2) is 10.4. The molecular weight excluding hydrogens is 381 g/mol. The zero-order valence-corrected chi connectivity index (χ0v) is 17.4. The van der Waals surface area contributed by atoms with E-state index < -0.39 is 0 Å². The summed E-state index contributed by atoms with van der Waals surface area (Å²) in [6.07, 6.45) is 3.49. The smallest absolute Gasteiger partial charge is 0.221 e. The standard InChI is InChI=1S/C23H28FN5O/c1-3-25-23(26-12-10-17-4-7-20(8-5-17)29-16(2)30)27-13-11-18-15-28-22-9-6-19(24)14-21(18)22/h4-9,14-15,28H,3,10-13H2,1-2H3,(H,29,30)(H2,25,26,27). The Morgan fingerprint density at radius 3 is 2.63 bits per heavy atom. The van der Waals surface area contributed by atoms with Gasteiger partial charge in [0.2, 0.25) is 5.91 Å². The van der Waals surface area contributed by atoms with E-state index in [9.17, 15) is 9.18 Å². The van der Waals surface area contributed by atoms with Crippen LogP contribution in [0.25, 0.3) is 10.9 Å². The van der Waals surface area contributed by atoms with Crippen molar-refractivity contribution in [3.05, 3.63) is 65.6 Å². The SMILES string of the molecule is CCNC(=NCCc1c[nH]c2ccc(F)cc12)NCCc1ccc(NC(C)=O)cc1. The molecule has 1 amide bonds. The van der Waals surface area contributed by atoms with Gasteiger partial charge in [0.05, 0.1) is 0 Å². The zero-order chi connectivity index (χ0) is 21.3. The van der Waals surface area contributed by atoms with Gasteiger partial charge in [0, 0.05) is 49.3 Å². The number of hydrogen-bond donors (Lipinski definition) is 4. The van der Waals surface area contributed by atoms with Gasteiger partial charge in [-0.3, -0.25) is 9.79 Å². The summed E-state index contributed by atoms with van der Waals surface area (Å²) >= 11 is 0. The summed E-state index contributed by atoms with van der Waals surface area (Å²) < 4.78 is 13.5. The monoisotopic (exact) mass is 409 g/mol. The van der Waals surface area contributed by atoms with Gasteiger partial charge in [-0.2, -0.15) is 0 Å². The first kappa shape index (κ1) is 21.4. The lowest BCUT2D eigenvalue weighted by molar-refractivity contribution is -0.114. The number of nitrogens with one attached hydrogen (secondary N) is 4. The number of anilines is 1. The van der Waals surface area contributed by atoms with Crippen LogP contribution in [-0.2, 0) is 17.6 Å². The van der Waals surface area contributed by atoms with Gasteiger partial charge >= 0.3 is 0 Å². The van der Waals surface area contributed by atoms with Crippen molar-refractivity contribution in [2.45, 2.75) is 26.7 Å². The molecule has 0 aliphatic carbocycles. The molecule has 0 radical (unpaired) electrons. The van der Waals surface area contributed by atoms with Gasteiger partial charge in [0.1, 0.15) is 5.82 Å². The molecule has 0 spiro atoms. The first-order chi connectivity index (χ1) is 14.5. The van der Waals surface area contributed by atoms with E-state index in [0.29, 0.717) is 6.54 Å². The minimum atomic E-state index is -0.230. The third kappa shape index (κ3) is 6.07. The van der Waals surface area contributed by atoms with E-state index in [0.717, 1.165) is 54.0 Å². The van der Waals surface area contributed by atoms with Crippen molar-refractivity contribution in [2.75, 3.05) is 25.0 Å². The molecule has 0 bridgehead atoms. The fourth-order valence-corrected chi connectivity index (χ4v) is 3.27. The van der Waals surface area contributed by atoms with Gasteiger partial charge < -0.3 is 20.9 Å². The molecular formula is C23H28FN5O. The molecule has 6 nitrogen and oxygen atoms in total.